The third-order valence-corrected chi connectivity index (χ3v) is 5.47. The summed E-state index contributed by atoms with van der Waals surface area (Å²) >= 11 is 3.72. The van der Waals surface area contributed by atoms with Crippen LogP contribution in [0.4, 0.5) is 0 Å². The van der Waals surface area contributed by atoms with Gasteiger partial charge in [0.1, 0.15) is 0 Å². The third kappa shape index (κ3) is 2.79. The van der Waals surface area contributed by atoms with Crippen molar-refractivity contribution in [3.63, 3.8) is 0 Å². The van der Waals surface area contributed by atoms with E-state index in [9.17, 15) is 0 Å². The molecule has 2 aliphatic heterocycles. The van der Waals surface area contributed by atoms with Gasteiger partial charge in [-0.15, -0.1) is 0 Å². The normalized spacial score (nSPS) is 22.1. The fraction of sp³-hybridized carbons (Fsp3) is 0.786. The molecule has 0 spiro atoms. The van der Waals surface area contributed by atoms with E-state index in [4.69, 9.17) is 0 Å². The maximum Gasteiger partial charge on any atom is 0.0767 e. The molecule has 0 atom stereocenters. The molecule has 0 unspecified atom stereocenters. The second kappa shape index (κ2) is 6.13. The number of hydrogen-bond donors (Lipinski definition) is 1. The van der Waals surface area contributed by atoms with E-state index in [2.05, 4.69) is 50.1 Å². The number of nitrogens with one attached hydrogen (secondary N) is 1. The zero-order valence-corrected chi connectivity index (χ0v) is 14.0. The Hall–Kier alpha value is -0.430. The summed E-state index contributed by atoms with van der Waals surface area (Å²) in [5.41, 5.74) is 2.47. The third-order valence-electron chi connectivity index (χ3n) is 4.56. The molecule has 3 rings (SSSR count). The molecule has 1 aromatic heterocycles. The minimum absolute atomic E-state index is 0.785. The molecule has 20 heavy (non-hydrogen) atoms. The monoisotopic (exact) mass is 341 g/mol. The van der Waals surface area contributed by atoms with Crippen molar-refractivity contribution in [1.82, 2.24) is 24.9 Å². The first-order valence-corrected chi connectivity index (χ1v) is 8.35. The van der Waals surface area contributed by atoms with E-state index >= 15 is 0 Å². The maximum absolute atomic E-state index is 4.58. The van der Waals surface area contributed by atoms with Crippen molar-refractivity contribution in [2.45, 2.75) is 25.9 Å². The fourth-order valence-electron chi connectivity index (χ4n) is 3.02. The molecule has 3 heterocycles. The van der Waals surface area contributed by atoms with Gasteiger partial charge in [0.15, 0.2) is 0 Å². The van der Waals surface area contributed by atoms with Crippen molar-refractivity contribution in [3.8, 4) is 0 Å². The van der Waals surface area contributed by atoms with Crippen LogP contribution in [0.1, 0.15) is 18.3 Å². The average molecular weight is 342 g/mol. The van der Waals surface area contributed by atoms with Gasteiger partial charge in [0.2, 0.25) is 0 Å². The first kappa shape index (κ1) is 14.5. The molecule has 6 heteroatoms. The van der Waals surface area contributed by atoms with Crippen molar-refractivity contribution in [1.29, 1.82) is 0 Å². The standard InChI is InChI=1S/C14H24BrN5/c1-3-12-14(15)13(18(2)17-12)10-19-4-6-20(7-5-19)11-8-16-9-11/h11,16H,3-10H2,1-2H3. The van der Waals surface area contributed by atoms with Crippen LogP contribution in [0.25, 0.3) is 0 Å². The summed E-state index contributed by atoms with van der Waals surface area (Å²) in [6.07, 6.45) is 0.983. The number of halogens is 1. The van der Waals surface area contributed by atoms with E-state index in [0.717, 1.165) is 32.1 Å². The quantitative estimate of drug-likeness (QED) is 0.880. The van der Waals surface area contributed by atoms with Crippen LogP contribution in [0.15, 0.2) is 4.47 Å². The van der Waals surface area contributed by atoms with E-state index in [1.807, 2.05) is 4.68 Å². The van der Waals surface area contributed by atoms with Gasteiger partial charge in [0.05, 0.1) is 15.9 Å². The first-order valence-electron chi connectivity index (χ1n) is 7.56. The van der Waals surface area contributed by atoms with Gasteiger partial charge in [-0.3, -0.25) is 14.5 Å². The number of aryl methyl sites for hydroxylation is 2. The van der Waals surface area contributed by atoms with Crippen molar-refractivity contribution in [3.05, 3.63) is 15.9 Å². The highest BCUT2D eigenvalue weighted by atomic mass is 79.9. The molecule has 0 amide bonds. The summed E-state index contributed by atoms with van der Waals surface area (Å²) in [7, 11) is 2.05. The second-order valence-corrected chi connectivity index (χ2v) is 6.60. The van der Waals surface area contributed by atoms with E-state index in [1.165, 1.54) is 42.0 Å². The van der Waals surface area contributed by atoms with Gasteiger partial charge in [-0.1, -0.05) is 6.92 Å². The van der Waals surface area contributed by atoms with Crippen molar-refractivity contribution in [2.24, 2.45) is 7.05 Å². The van der Waals surface area contributed by atoms with Gasteiger partial charge in [-0.05, 0) is 22.4 Å². The molecule has 2 aliphatic rings. The van der Waals surface area contributed by atoms with Crippen LogP contribution in [-0.2, 0) is 20.0 Å². The van der Waals surface area contributed by atoms with Crippen LogP contribution in [-0.4, -0.2) is 64.9 Å². The number of aromatic nitrogens is 2. The van der Waals surface area contributed by atoms with E-state index in [1.54, 1.807) is 0 Å². The van der Waals surface area contributed by atoms with Crippen LogP contribution in [0, 0.1) is 0 Å². The zero-order chi connectivity index (χ0) is 14.1. The molecule has 2 fully saturated rings. The van der Waals surface area contributed by atoms with Gasteiger partial charge in [-0.2, -0.15) is 5.10 Å². The molecular weight excluding hydrogens is 318 g/mol. The second-order valence-electron chi connectivity index (χ2n) is 5.81. The summed E-state index contributed by atoms with van der Waals surface area (Å²) in [5, 5.41) is 7.94. The Labute approximate surface area is 129 Å². The Kier molecular flexibility index (Phi) is 4.45. The van der Waals surface area contributed by atoms with Gasteiger partial charge in [0.25, 0.3) is 0 Å². The van der Waals surface area contributed by atoms with Gasteiger partial charge in [0, 0.05) is 58.9 Å². The Balaban J connectivity index is 1.58. The highest BCUT2D eigenvalue weighted by Gasteiger charge is 2.28. The topological polar surface area (TPSA) is 36.3 Å². The van der Waals surface area contributed by atoms with Crippen LogP contribution in [0.5, 0.6) is 0 Å². The van der Waals surface area contributed by atoms with Gasteiger partial charge < -0.3 is 5.32 Å². The molecule has 0 aliphatic carbocycles. The molecule has 5 nitrogen and oxygen atoms in total. The SMILES string of the molecule is CCc1nn(C)c(CN2CCN(C3CNC3)CC2)c1Br. The van der Waals surface area contributed by atoms with E-state index in [-0.39, 0.29) is 0 Å². The summed E-state index contributed by atoms with van der Waals surface area (Å²) in [4.78, 5) is 5.17. The molecule has 0 radical (unpaired) electrons. The summed E-state index contributed by atoms with van der Waals surface area (Å²) in [6.45, 7) is 10.2. The molecule has 1 N–H and O–H groups in total. The van der Waals surface area contributed by atoms with Gasteiger partial charge in [-0.25, -0.2) is 0 Å². The molecule has 1 aromatic rings. The predicted molar refractivity (Wildman–Crippen MR) is 83.8 cm³/mol. The Morgan fingerprint density at radius 3 is 2.45 bits per heavy atom. The van der Waals surface area contributed by atoms with Crippen molar-refractivity contribution in [2.75, 3.05) is 39.3 Å². The highest BCUT2D eigenvalue weighted by Crippen LogP contribution is 2.23. The minimum Gasteiger partial charge on any atom is -0.314 e. The Morgan fingerprint density at radius 1 is 1.25 bits per heavy atom. The van der Waals surface area contributed by atoms with Crippen molar-refractivity contribution >= 4 is 15.9 Å². The lowest BCUT2D eigenvalue weighted by molar-refractivity contribution is 0.0684. The van der Waals surface area contributed by atoms with Crippen LogP contribution >= 0.6 is 15.9 Å². The molecule has 0 saturated carbocycles. The average Bonchev–Trinajstić information content (AvgIpc) is 2.66. The highest BCUT2D eigenvalue weighted by molar-refractivity contribution is 9.10. The predicted octanol–water partition coefficient (Wildman–Crippen LogP) is 0.834. The van der Waals surface area contributed by atoms with E-state index < -0.39 is 0 Å². The first-order chi connectivity index (χ1) is 9.69. The van der Waals surface area contributed by atoms with E-state index in [0.29, 0.717) is 0 Å². The summed E-state index contributed by atoms with van der Waals surface area (Å²) in [6, 6.07) is 0.785. The minimum atomic E-state index is 0.785. The molecular formula is C14H24BrN5. The molecule has 112 valence electrons. The maximum atomic E-state index is 4.58. The van der Waals surface area contributed by atoms with Crippen LogP contribution < -0.4 is 5.32 Å². The van der Waals surface area contributed by atoms with Crippen LogP contribution in [0.2, 0.25) is 0 Å². The Bertz CT molecular complexity index is 460. The lowest BCUT2D eigenvalue weighted by Crippen LogP contribution is -2.61. The largest absolute Gasteiger partial charge is 0.314 e. The number of rotatable bonds is 4. The van der Waals surface area contributed by atoms with Gasteiger partial charge >= 0.3 is 0 Å². The molecule has 0 bridgehead atoms. The smallest absolute Gasteiger partial charge is 0.0767 e. The number of nitrogens with zero attached hydrogens (tertiary/aromatic N) is 4. The lowest BCUT2D eigenvalue weighted by Gasteiger charge is -2.43. The lowest BCUT2D eigenvalue weighted by atomic mass is 10.1. The fourth-order valence-corrected chi connectivity index (χ4v) is 3.76. The Morgan fingerprint density at radius 2 is 1.95 bits per heavy atom. The summed E-state index contributed by atoms with van der Waals surface area (Å²) in [5.74, 6) is 0. The summed E-state index contributed by atoms with van der Waals surface area (Å²) < 4.78 is 3.23. The van der Waals surface area contributed by atoms with Crippen LogP contribution in [0.3, 0.4) is 0 Å². The molecule has 0 aromatic carbocycles. The number of hydrogen-bond acceptors (Lipinski definition) is 4. The number of piperazine rings is 1. The van der Waals surface area contributed by atoms with Crippen molar-refractivity contribution < 1.29 is 0 Å². The zero-order valence-electron chi connectivity index (χ0n) is 12.4. The molecule has 2 saturated heterocycles.